The molecule has 1 unspecified atom stereocenters. The van der Waals surface area contributed by atoms with Crippen molar-refractivity contribution in [3.05, 3.63) is 54.4 Å². The Labute approximate surface area is 204 Å². The Hall–Kier alpha value is -3.73. The van der Waals surface area contributed by atoms with Crippen LogP contribution in [0.4, 0.5) is 11.6 Å². The molecule has 3 aromatic rings. The van der Waals surface area contributed by atoms with E-state index in [4.69, 9.17) is 10.5 Å². The Kier molecular flexibility index (Phi) is 6.37. The highest BCUT2D eigenvalue weighted by Gasteiger charge is 2.39. The van der Waals surface area contributed by atoms with Crippen LogP contribution in [0.5, 0.6) is 5.88 Å². The van der Waals surface area contributed by atoms with Crippen LogP contribution in [0, 0.1) is 5.92 Å². The third-order valence-electron chi connectivity index (χ3n) is 5.97. The summed E-state index contributed by atoms with van der Waals surface area (Å²) in [4.78, 5) is 28.1. The summed E-state index contributed by atoms with van der Waals surface area (Å²) in [6, 6.07) is 9.31. The summed E-state index contributed by atoms with van der Waals surface area (Å²) in [5.74, 6) is 0.468. The first kappa shape index (κ1) is 24.4. The Bertz CT molecular complexity index is 1360. The summed E-state index contributed by atoms with van der Waals surface area (Å²) >= 11 is 0. The number of nitrogens with zero attached hydrogens (tertiary/aromatic N) is 4. The van der Waals surface area contributed by atoms with Crippen molar-refractivity contribution >= 4 is 27.6 Å². The lowest BCUT2D eigenvalue weighted by molar-refractivity contribution is 0.0981. The maximum atomic E-state index is 13.4. The zero-order valence-corrected chi connectivity index (χ0v) is 20.8. The maximum Gasteiger partial charge on any atom is 0.281 e. The summed E-state index contributed by atoms with van der Waals surface area (Å²) < 4.78 is 33.0. The van der Waals surface area contributed by atoms with Crippen molar-refractivity contribution in [2.45, 2.75) is 37.8 Å². The van der Waals surface area contributed by atoms with Crippen LogP contribution in [0.25, 0.3) is 11.1 Å². The van der Waals surface area contributed by atoms with Gasteiger partial charge in [0.2, 0.25) is 5.88 Å². The molecule has 0 aromatic carbocycles. The topological polar surface area (TPSA) is 140 Å². The fraction of sp³-hybridized carbons (Fsp3) is 0.333. The average molecular weight is 497 g/mol. The van der Waals surface area contributed by atoms with Gasteiger partial charge >= 0.3 is 0 Å². The Morgan fingerprint density at radius 2 is 1.91 bits per heavy atom. The van der Waals surface area contributed by atoms with Gasteiger partial charge in [-0.1, -0.05) is 13.0 Å². The lowest BCUT2D eigenvalue weighted by Crippen LogP contribution is -2.41. The van der Waals surface area contributed by atoms with Crippen molar-refractivity contribution in [3.63, 3.8) is 0 Å². The van der Waals surface area contributed by atoms with Crippen LogP contribution in [0.1, 0.15) is 37.6 Å². The number of rotatable bonds is 6. The minimum absolute atomic E-state index is 0.0319. The molecule has 0 saturated carbocycles. The number of ether oxygens (including phenoxy) is 1. The minimum Gasteiger partial charge on any atom is -0.481 e. The first-order valence-electron chi connectivity index (χ1n) is 11.1. The monoisotopic (exact) mass is 496 g/mol. The number of nitrogen functional groups attached to an aromatic ring is 1. The molecule has 11 heteroatoms. The fourth-order valence-corrected chi connectivity index (χ4v) is 5.38. The second-order valence-corrected chi connectivity index (χ2v) is 10.9. The molecule has 0 bridgehead atoms. The molecule has 1 aliphatic heterocycles. The molecule has 1 atom stereocenters. The molecule has 3 N–H and O–H groups in total. The Morgan fingerprint density at radius 3 is 2.51 bits per heavy atom. The van der Waals surface area contributed by atoms with E-state index >= 15 is 0 Å². The van der Waals surface area contributed by atoms with Crippen molar-refractivity contribution in [2.24, 2.45) is 5.92 Å². The molecule has 1 fully saturated rings. The van der Waals surface area contributed by atoms with Crippen LogP contribution in [0.3, 0.4) is 0 Å². The molecule has 10 nitrogen and oxygen atoms in total. The van der Waals surface area contributed by atoms with Crippen LogP contribution in [-0.4, -0.2) is 48.5 Å². The normalized spacial score (nSPS) is 17.3. The zero-order valence-electron chi connectivity index (χ0n) is 20.0. The van der Waals surface area contributed by atoms with E-state index in [1.54, 1.807) is 30.6 Å². The zero-order chi connectivity index (χ0) is 25.4. The van der Waals surface area contributed by atoms with Gasteiger partial charge in [0.25, 0.3) is 15.9 Å². The standard InChI is InChI=1S/C24H28N6O4S/c1-15-11-24(2,3)30(14-15)22-18(10-17(13-27-22)16-8-9-20(34-4)26-12-16)23(31)29-35(32,33)21-7-5-6-19(25)28-21/h5-10,12-13,15H,11,14H2,1-4H3,(H2,25,28)(H,29,31). The second-order valence-electron chi connectivity index (χ2n) is 9.25. The quantitative estimate of drug-likeness (QED) is 0.527. The number of carbonyl (C=O) groups excluding carboxylic acids is 1. The van der Waals surface area contributed by atoms with Gasteiger partial charge in [-0.3, -0.25) is 4.79 Å². The minimum atomic E-state index is -4.26. The number of hydrogen-bond donors (Lipinski definition) is 2. The average Bonchev–Trinajstić information content (AvgIpc) is 3.10. The van der Waals surface area contributed by atoms with E-state index in [9.17, 15) is 13.2 Å². The van der Waals surface area contributed by atoms with Gasteiger partial charge in [-0.2, -0.15) is 8.42 Å². The third kappa shape index (κ3) is 5.04. The Balaban J connectivity index is 1.77. The van der Waals surface area contributed by atoms with Crippen molar-refractivity contribution in [2.75, 3.05) is 24.3 Å². The summed E-state index contributed by atoms with van der Waals surface area (Å²) in [6.45, 7) is 6.98. The van der Waals surface area contributed by atoms with Gasteiger partial charge in [0.1, 0.15) is 11.6 Å². The predicted octanol–water partition coefficient (Wildman–Crippen LogP) is 2.87. The third-order valence-corrected chi connectivity index (χ3v) is 7.20. The van der Waals surface area contributed by atoms with Crippen LogP contribution >= 0.6 is 0 Å². The van der Waals surface area contributed by atoms with Gasteiger partial charge in [-0.05, 0) is 50.5 Å². The molecule has 0 aliphatic carbocycles. The molecule has 1 aliphatic rings. The number of methoxy groups -OCH3 is 1. The molecule has 4 rings (SSSR count). The largest absolute Gasteiger partial charge is 0.481 e. The van der Waals surface area contributed by atoms with E-state index in [0.717, 1.165) is 6.42 Å². The number of hydrogen-bond acceptors (Lipinski definition) is 9. The van der Waals surface area contributed by atoms with Gasteiger partial charge in [-0.25, -0.2) is 19.7 Å². The summed E-state index contributed by atoms with van der Waals surface area (Å²) in [7, 11) is -2.74. The van der Waals surface area contributed by atoms with Crippen molar-refractivity contribution in [1.29, 1.82) is 0 Å². The SMILES string of the molecule is COc1ccc(-c2cnc(N3CC(C)CC3(C)C)c(C(=O)NS(=O)(=O)c3cccc(N)n3)c2)cn1. The number of anilines is 2. The van der Waals surface area contributed by atoms with Crippen LogP contribution in [0.2, 0.25) is 0 Å². The first-order valence-corrected chi connectivity index (χ1v) is 12.6. The fourth-order valence-electron chi connectivity index (χ4n) is 4.44. The van der Waals surface area contributed by atoms with E-state index in [1.807, 2.05) is 4.90 Å². The number of nitrogens with one attached hydrogen (secondary N) is 1. The van der Waals surface area contributed by atoms with Gasteiger partial charge in [0, 0.05) is 41.7 Å². The molecule has 4 heterocycles. The van der Waals surface area contributed by atoms with Crippen LogP contribution < -0.4 is 20.1 Å². The van der Waals surface area contributed by atoms with E-state index in [-0.39, 0.29) is 21.9 Å². The van der Waals surface area contributed by atoms with Crippen molar-refractivity contribution < 1.29 is 17.9 Å². The predicted molar refractivity (Wildman–Crippen MR) is 133 cm³/mol. The highest BCUT2D eigenvalue weighted by Crippen LogP contribution is 2.38. The molecule has 0 spiro atoms. The van der Waals surface area contributed by atoms with Gasteiger partial charge in [0.05, 0.1) is 12.7 Å². The van der Waals surface area contributed by atoms with Gasteiger partial charge in [0.15, 0.2) is 5.03 Å². The number of pyridine rings is 3. The number of sulfonamides is 1. The van der Waals surface area contributed by atoms with Crippen molar-refractivity contribution in [1.82, 2.24) is 19.7 Å². The lowest BCUT2D eigenvalue weighted by Gasteiger charge is -2.33. The summed E-state index contributed by atoms with van der Waals surface area (Å²) in [6.07, 6.45) is 4.17. The lowest BCUT2D eigenvalue weighted by atomic mass is 9.97. The van der Waals surface area contributed by atoms with Gasteiger partial charge in [-0.15, -0.1) is 0 Å². The molecule has 184 valence electrons. The molecule has 1 saturated heterocycles. The molecule has 0 radical (unpaired) electrons. The number of aromatic nitrogens is 3. The second kappa shape index (κ2) is 9.14. The number of carbonyl (C=O) groups is 1. The molecular formula is C24H28N6O4S. The summed E-state index contributed by atoms with van der Waals surface area (Å²) in [5, 5.41) is -0.342. The van der Waals surface area contributed by atoms with Crippen LogP contribution in [-0.2, 0) is 10.0 Å². The summed E-state index contributed by atoms with van der Waals surface area (Å²) in [5.41, 5.74) is 6.81. The maximum absolute atomic E-state index is 13.4. The smallest absolute Gasteiger partial charge is 0.281 e. The Morgan fingerprint density at radius 1 is 1.17 bits per heavy atom. The van der Waals surface area contributed by atoms with Gasteiger partial charge < -0.3 is 15.4 Å². The van der Waals surface area contributed by atoms with Crippen molar-refractivity contribution in [3.8, 4) is 17.0 Å². The van der Waals surface area contributed by atoms with Crippen LogP contribution in [0.15, 0.2) is 53.8 Å². The van der Waals surface area contributed by atoms with E-state index in [1.165, 1.54) is 25.3 Å². The molecule has 1 amide bonds. The van der Waals surface area contributed by atoms with E-state index < -0.39 is 15.9 Å². The molecule has 35 heavy (non-hydrogen) atoms. The van der Waals surface area contributed by atoms with E-state index in [0.29, 0.717) is 35.3 Å². The molecule has 3 aromatic heterocycles. The highest BCUT2D eigenvalue weighted by molar-refractivity contribution is 7.90. The van der Waals surface area contributed by atoms with E-state index in [2.05, 4.69) is 40.4 Å². The number of nitrogens with two attached hydrogens (primary N) is 1. The molecular weight excluding hydrogens is 468 g/mol. The number of amides is 1. The highest BCUT2D eigenvalue weighted by atomic mass is 32.2. The first-order chi connectivity index (χ1) is 16.5.